The number of carbonyl (C=O) groups is 1. The van der Waals surface area contributed by atoms with E-state index in [1.165, 1.54) is 0 Å². The molecule has 5 nitrogen and oxygen atoms in total. The molecule has 1 aromatic carbocycles. The first kappa shape index (κ1) is 25.5. The summed E-state index contributed by atoms with van der Waals surface area (Å²) in [5.41, 5.74) is 2.67. The quantitative estimate of drug-likeness (QED) is 0.419. The van der Waals surface area contributed by atoms with Crippen LogP contribution in [0.1, 0.15) is 25.0 Å². The maximum absolute atomic E-state index is 12.9. The van der Waals surface area contributed by atoms with Crippen molar-refractivity contribution in [3.05, 3.63) is 28.3 Å². The van der Waals surface area contributed by atoms with Crippen LogP contribution in [0, 0.1) is 11.3 Å². The first-order valence-electron chi connectivity index (χ1n) is 11.1. The Morgan fingerprint density at radius 1 is 1.12 bits per heavy atom. The van der Waals surface area contributed by atoms with Crippen molar-refractivity contribution in [2.45, 2.75) is 52.2 Å². The van der Waals surface area contributed by atoms with Gasteiger partial charge in [-0.25, -0.2) is 0 Å². The molecule has 0 bridgehead atoms. The first-order chi connectivity index (χ1) is 15.0. The van der Waals surface area contributed by atoms with E-state index >= 15 is 0 Å². The average Bonchev–Trinajstić information content (AvgIpc) is 2.89. The SMILES string of the molecule is C[SiH2]OC(O[SiH2]C)C(C)(C)C1CN(c2c(Cl)ccc3c2CCN(C(=O)C(F)(F)F)CC3)C1. The van der Waals surface area contributed by atoms with Crippen LogP contribution in [0.3, 0.4) is 0 Å². The van der Waals surface area contributed by atoms with Crippen LogP contribution >= 0.6 is 11.6 Å². The van der Waals surface area contributed by atoms with Gasteiger partial charge < -0.3 is 18.7 Å². The zero-order valence-electron chi connectivity index (χ0n) is 19.1. The first-order valence-corrected chi connectivity index (χ1v) is 15.5. The molecule has 1 aromatic rings. The highest BCUT2D eigenvalue weighted by Gasteiger charge is 2.46. The highest BCUT2D eigenvalue weighted by atomic mass is 35.5. The van der Waals surface area contributed by atoms with Gasteiger partial charge in [-0.1, -0.05) is 44.6 Å². The summed E-state index contributed by atoms with van der Waals surface area (Å²) >= 11 is 6.58. The van der Waals surface area contributed by atoms with Crippen molar-refractivity contribution in [1.29, 1.82) is 0 Å². The molecule has 1 fully saturated rings. The molecule has 0 radical (unpaired) electrons. The van der Waals surface area contributed by atoms with Crippen molar-refractivity contribution in [1.82, 2.24) is 4.90 Å². The fraction of sp³-hybridized carbons (Fsp3) is 0.667. The molecule has 3 rings (SSSR count). The van der Waals surface area contributed by atoms with Gasteiger partial charge in [0, 0.05) is 37.5 Å². The molecule has 1 amide bonds. The van der Waals surface area contributed by atoms with Crippen LogP contribution in [-0.2, 0) is 26.5 Å². The maximum atomic E-state index is 12.9. The van der Waals surface area contributed by atoms with Crippen molar-refractivity contribution in [2.24, 2.45) is 11.3 Å². The molecule has 1 saturated heterocycles. The van der Waals surface area contributed by atoms with E-state index in [1.54, 1.807) is 0 Å². The zero-order valence-corrected chi connectivity index (χ0v) is 22.7. The van der Waals surface area contributed by atoms with Crippen molar-refractivity contribution in [3.63, 3.8) is 0 Å². The molecule has 0 unspecified atom stereocenters. The standard InChI is InChI=1S/C21H32ClF3N2O3Si2/c1-20(2,19(29-31-3)30-32-4)14-11-27(12-14)17-15-8-10-26(18(28)21(23,24)25)9-7-13(15)5-6-16(17)22/h5-6,14,19H,7-12,31-32H2,1-4H3. The number of halogens is 4. The van der Waals surface area contributed by atoms with Crippen molar-refractivity contribution in [2.75, 3.05) is 31.1 Å². The third kappa shape index (κ3) is 5.19. The number of carbonyl (C=O) groups excluding carboxylic acids is 1. The number of anilines is 1. The monoisotopic (exact) mass is 508 g/mol. The lowest BCUT2D eigenvalue weighted by Gasteiger charge is -2.52. The summed E-state index contributed by atoms with van der Waals surface area (Å²) in [4.78, 5) is 14.9. The molecule has 0 spiro atoms. The van der Waals surface area contributed by atoms with Crippen LogP contribution in [0.25, 0.3) is 0 Å². The zero-order chi connectivity index (χ0) is 23.7. The van der Waals surface area contributed by atoms with Gasteiger partial charge in [-0.05, 0) is 30.0 Å². The predicted octanol–water partition coefficient (Wildman–Crippen LogP) is 2.92. The summed E-state index contributed by atoms with van der Waals surface area (Å²) in [6.45, 7) is 10.2. The molecule has 0 saturated carbocycles. The summed E-state index contributed by atoms with van der Waals surface area (Å²) in [5.74, 6) is -1.41. The van der Waals surface area contributed by atoms with Gasteiger partial charge in [-0.3, -0.25) is 4.79 Å². The van der Waals surface area contributed by atoms with Crippen LogP contribution in [0.15, 0.2) is 12.1 Å². The van der Waals surface area contributed by atoms with Crippen LogP contribution in [0.4, 0.5) is 18.9 Å². The molecule has 180 valence electrons. The molecule has 0 aromatic heterocycles. The van der Waals surface area contributed by atoms with Crippen LogP contribution in [0.2, 0.25) is 18.1 Å². The normalized spacial score (nSPS) is 19.5. The van der Waals surface area contributed by atoms with E-state index in [9.17, 15) is 18.0 Å². The maximum Gasteiger partial charge on any atom is 0.471 e. The van der Waals surface area contributed by atoms with E-state index in [0.717, 1.165) is 34.8 Å². The Bertz CT molecular complexity index is 829. The average molecular weight is 509 g/mol. The second kappa shape index (κ2) is 10.0. The number of benzene rings is 1. The minimum absolute atomic E-state index is 0.0352. The number of fused-ring (bicyclic) bond motifs is 1. The summed E-state index contributed by atoms with van der Waals surface area (Å²) in [5, 5.41) is 0.599. The summed E-state index contributed by atoms with van der Waals surface area (Å²) < 4.78 is 50.8. The van der Waals surface area contributed by atoms with Gasteiger partial charge >= 0.3 is 12.1 Å². The Labute approximate surface area is 197 Å². The second-order valence-electron chi connectivity index (χ2n) is 8.99. The number of rotatable bonds is 7. The Kier molecular flexibility index (Phi) is 8.02. The van der Waals surface area contributed by atoms with Gasteiger partial charge in [0.05, 0.1) is 10.7 Å². The Hall–Kier alpha value is -1.08. The lowest BCUT2D eigenvalue weighted by molar-refractivity contribution is -0.185. The van der Waals surface area contributed by atoms with E-state index in [1.807, 2.05) is 12.1 Å². The highest BCUT2D eigenvalue weighted by molar-refractivity contribution is 6.33. The molecule has 2 aliphatic heterocycles. The third-order valence-electron chi connectivity index (χ3n) is 6.64. The Morgan fingerprint density at radius 2 is 1.72 bits per heavy atom. The van der Waals surface area contributed by atoms with Gasteiger partial charge in [-0.15, -0.1) is 0 Å². The number of hydrogen-bond acceptors (Lipinski definition) is 4. The molecular formula is C21H32ClF3N2O3Si2. The molecule has 0 aliphatic carbocycles. The van der Waals surface area contributed by atoms with Crippen molar-refractivity contribution in [3.8, 4) is 0 Å². The Balaban J connectivity index is 1.76. The fourth-order valence-electron chi connectivity index (χ4n) is 4.61. The predicted molar refractivity (Wildman–Crippen MR) is 126 cm³/mol. The minimum Gasteiger partial charge on any atom is -0.400 e. The minimum atomic E-state index is -4.85. The summed E-state index contributed by atoms with van der Waals surface area (Å²) in [6.07, 6.45) is -4.30. The molecule has 11 heteroatoms. The van der Waals surface area contributed by atoms with E-state index in [2.05, 4.69) is 31.8 Å². The molecule has 2 heterocycles. The van der Waals surface area contributed by atoms with Crippen LogP contribution in [0.5, 0.6) is 0 Å². The van der Waals surface area contributed by atoms with Gasteiger partial charge in [-0.2, -0.15) is 13.2 Å². The second-order valence-corrected chi connectivity index (χ2v) is 11.2. The van der Waals surface area contributed by atoms with Gasteiger partial charge in [0.15, 0.2) is 19.5 Å². The number of nitrogens with zero attached hydrogens (tertiary/aromatic N) is 2. The smallest absolute Gasteiger partial charge is 0.400 e. The third-order valence-corrected chi connectivity index (χ3v) is 8.21. The summed E-state index contributed by atoms with van der Waals surface area (Å²) in [7, 11) is -1.21. The van der Waals surface area contributed by atoms with Crippen LogP contribution < -0.4 is 4.90 Å². The number of amides is 1. The van der Waals surface area contributed by atoms with E-state index in [0.29, 0.717) is 23.8 Å². The lowest BCUT2D eigenvalue weighted by Crippen LogP contribution is -2.57. The van der Waals surface area contributed by atoms with E-state index in [-0.39, 0.29) is 24.8 Å². The topological polar surface area (TPSA) is 42.0 Å². The fourth-order valence-corrected chi connectivity index (χ4v) is 6.75. The van der Waals surface area contributed by atoms with Crippen molar-refractivity contribution >= 4 is 42.7 Å². The largest absolute Gasteiger partial charge is 0.471 e. The van der Waals surface area contributed by atoms with Gasteiger partial charge in [0.25, 0.3) is 0 Å². The Morgan fingerprint density at radius 3 is 2.28 bits per heavy atom. The molecule has 2 aliphatic rings. The van der Waals surface area contributed by atoms with Gasteiger partial charge in [0.2, 0.25) is 0 Å². The molecule has 0 N–H and O–H groups in total. The molecule has 0 atom stereocenters. The number of hydrogen-bond donors (Lipinski definition) is 0. The lowest BCUT2D eigenvalue weighted by atomic mass is 9.73. The summed E-state index contributed by atoms with van der Waals surface area (Å²) in [6, 6.07) is 3.69. The van der Waals surface area contributed by atoms with Crippen LogP contribution in [-0.4, -0.2) is 69.0 Å². The molecule has 32 heavy (non-hydrogen) atoms. The van der Waals surface area contributed by atoms with E-state index in [4.69, 9.17) is 20.5 Å². The highest BCUT2D eigenvalue weighted by Crippen LogP contribution is 2.44. The number of alkyl halides is 3. The molecular weight excluding hydrogens is 477 g/mol. The van der Waals surface area contributed by atoms with Gasteiger partial charge in [0.1, 0.15) is 6.29 Å². The van der Waals surface area contributed by atoms with Crippen molar-refractivity contribution < 1.29 is 26.8 Å². The van der Waals surface area contributed by atoms with E-state index < -0.39 is 31.6 Å².